The molecular weight excluding hydrogens is 402 g/mol. The molecule has 1 aromatic rings. The van der Waals surface area contributed by atoms with E-state index in [-0.39, 0.29) is 51.0 Å². The first kappa shape index (κ1) is 19.3. The van der Waals surface area contributed by atoms with Crippen LogP contribution in [-0.2, 0) is 6.54 Å². The van der Waals surface area contributed by atoms with Gasteiger partial charge in [-0.05, 0) is 25.7 Å². The second-order valence-electron chi connectivity index (χ2n) is 2.63. The van der Waals surface area contributed by atoms with Crippen LogP contribution >= 0.6 is 0 Å². The average molecular weight is 414 g/mol. The van der Waals surface area contributed by atoms with Gasteiger partial charge in [-0.2, -0.15) is 0 Å². The summed E-state index contributed by atoms with van der Waals surface area (Å²) in [5, 5.41) is 0. The van der Waals surface area contributed by atoms with Crippen LogP contribution < -0.4 is 24.8 Å². The molecule has 0 N–H and O–H groups in total. The van der Waals surface area contributed by atoms with E-state index in [2.05, 4.69) is 31.1 Å². The molecule has 1 nitrogen and oxygen atoms in total. The fourth-order valence-corrected chi connectivity index (χ4v) is 0.870. The van der Waals surface area contributed by atoms with Crippen molar-refractivity contribution in [3.05, 3.63) is 35.9 Å². The minimum Gasteiger partial charge on any atom is -1.00 e. The summed E-state index contributed by atoms with van der Waals surface area (Å²) in [7, 11) is 4.11. The molecule has 0 bridgehead atoms. The van der Waals surface area contributed by atoms with Crippen molar-refractivity contribution in [2.45, 2.75) is 6.54 Å². The smallest absolute Gasteiger partial charge is 1.00 e. The Hall–Kier alpha value is 0.643. The molecular formula is C9H12BiCl2N. The first-order valence-corrected chi connectivity index (χ1v) is 3.39. The van der Waals surface area contributed by atoms with E-state index in [1.807, 2.05) is 18.2 Å². The summed E-state index contributed by atoms with van der Waals surface area (Å²) in [5.41, 5.74) is 1.24. The first-order chi connectivity index (χ1) is 4.79. The second-order valence-corrected chi connectivity index (χ2v) is 2.63. The van der Waals surface area contributed by atoms with Crippen LogP contribution in [0.2, 0.25) is 0 Å². The van der Waals surface area contributed by atoms with E-state index in [1.165, 1.54) is 5.56 Å². The van der Waals surface area contributed by atoms with E-state index in [1.54, 1.807) is 0 Å². The monoisotopic (exact) mass is 413 g/mol. The van der Waals surface area contributed by atoms with Crippen molar-refractivity contribution in [3.63, 3.8) is 0 Å². The van der Waals surface area contributed by atoms with Gasteiger partial charge in [0.1, 0.15) is 0 Å². The van der Waals surface area contributed by atoms with Crippen molar-refractivity contribution in [3.8, 4) is 0 Å². The van der Waals surface area contributed by atoms with Gasteiger partial charge in [-0.25, -0.2) is 0 Å². The Balaban J connectivity index is -0.000000333. The molecule has 0 unspecified atom stereocenters. The molecule has 0 aromatic heterocycles. The Morgan fingerprint density at radius 3 is 2.23 bits per heavy atom. The standard InChI is InChI=1S/C9H12N.Bi.2ClH/c1-10(2)8-9-6-4-3-5-7-9;;;/h3-6H,8H2,1-2H3;;2*1H/q;+2;;/p-2. The molecule has 1 rings (SSSR count). The summed E-state index contributed by atoms with van der Waals surface area (Å²) >= 11 is 0. The molecule has 4 radical (unpaired) electrons. The van der Waals surface area contributed by atoms with Crippen LogP contribution in [0.3, 0.4) is 0 Å². The van der Waals surface area contributed by atoms with Crippen molar-refractivity contribution in [1.29, 1.82) is 0 Å². The number of halogens is 2. The van der Waals surface area contributed by atoms with Crippen LogP contribution in [0.15, 0.2) is 24.3 Å². The zero-order valence-corrected chi connectivity index (χ0v) is 12.7. The van der Waals surface area contributed by atoms with Crippen LogP contribution in [0.1, 0.15) is 5.56 Å². The fraction of sp³-hybridized carbons (Fsp3) is 0.333. The maximum Gasteiger partial charge on any atom is 2.00 e. The van der Waals surface area contributed by atoms with Gasteiger partial charge in [0.15, 0.2) is 0 Å². The summed E-state index contributed by atoms with van der Waals surface area (Å²) in [6.45, 7) is 0.973. The summed E-state index contributed by atoms with van der Waals surface area (Å²) in [4.78, 5) is 2.13. The number of benzene rings is 1. The fourth-order valence-electron chi connectivity index (χ4n) is 0.870. The molecule has 0 saturated heterocycles. The maximum atomic E-state index is 3.16. The third-order valence-corrected chi connectivity index (χ3v) is 1.26. The van der Waals surface area contributed by atoms with E-state index >= 15 is 0 Å². The maximum absolute atomic E-state index is 3.16. The molecule has 72 valence electrons. The molecule has 0 aliphatic heterocycles. The van der Waals surface area contributed by atoms with Gasteiger partial charge in [-0.3, -0.25) is 0 Å². The van der Waals surface area contributed by atoms with Gasteiger partial charge in [-0.1, -0.05) is 24.3 Å². The van der Waals surface area contributed by atoms with Gasteiger partial charge in [0.2, 0.25) is 0 Å². The van der Waals surface area contributed by atoms with Gasteiger partial charge < -0.3 is 29.7 Å². The number of rotatable bonds is 2. The van der Waals surface area contributed by atoms with Crippen LogP contribution in [0, 0.1) is 6.07 Å². The summed E-state index contributed by atoms with van der Waals surface area (Å²) in [6, 6.07) is 11.2. The zero-order chi connectivity index (χ0) is 7.40. The third kappa shape index (κ3) is 8.96. The molecule has 0 saturated carbocycles. The minimum atomic E-state index is 0. The number of hydrogen-bond donors (Lipinski definition) is 0. The first-order valence-electron chi connectivity index (χ1n) is 3.39. The Kier molecular flexibility index (Phi) is 15.9. The minimum absolute atomic E-state index is 0. The molecule has 0 aliphatic rings. The van der Waals surface area contributed by atoms with Gasteiger partial charge in [0, 0.05) is 6.54 Å². The Morgan fingerprint density at radius 1 is 1.23 bits per heavy atom. The molecule has 0 aliphatic carbocycles. The Morgan fingerprint density at radius 2 is 1.85 bits per heavy atom. The topological polar surface area (TPSA) is 3.24 Å². The van der Waals surface area contributed by atoms with Gasteiger partial charge in [0.05, 0.1) is 0 Å². The SMILES string of the molecule is CN(C)Cc1[c]cccc1.[Bi+2].[Cl-].[Cl-]. The zero-order valence-electron chi connectivity index (χ0n) is 7.67. The van der Waals surface area contributed by atoms with Crippen LogP contribution in [0.5, 0.6) is 0 Å². The van der Waals surface area contributed by atoms with Crippen molar-refractivity contribution in [2.24, 2.45) is 0 Å². The van der Waals surface area contributed by atoms with E-state index in [9.17, 15) is 0 Å². The molecule has 0 atom stereocenters. The quantitative estimate of drug-likeness (QED) is 0.440. The molecule has 0 fully saturated rings. The van der Waals surface area contributed by atoms with Gasteiger partial charge in [-0.15, -0.1) is 0 Å². The summed E-state index contributed by atoms with van der Waals surface area (Å²) < 4.78 is 0. The van der Waals surface area contributed by atoms with Crippen molar-refractivity contribution in [2.75, 3.05) is 14.1 Å². The number of hydrogen-bond acceptors (Lipinski definition) is 1. The average Bonchev–Trinajstić information content (AvgIpc) is 1.88. The third-order valence-electron chi connectivity index (χ3n) is 1.26. The van der Waals surface area contributed by atoms with Crippen LogP contribution in [-0.4, -0.2) is 45.2 Å². The van der Waals surface area contributed by atoms with Gasteiger partial charge in [0.25, 0.3) is 0 Å². The van der Waals surface area contributed by atoms with Crippen molar-refractivity contribution in [1.82, 2.24) is 4.90 Å². The summed E-state index contributed by atoms with van der Waals surface area (Å²) in [5.74, 6) is 0. The molecule has 0 spiro atoms. The van der Waals surface area contributed by atoms with E-state index < -0.39 is 0 Å². The molecule has 0 heterocycles. The molecule has 0 amide bonds. The Bertz CT molecular complexity index is 192. The molecule has 4 heteroatoms. The van der Waals surface area contributed by atoms with Crippen LogP contribution in [0.25, 0.3) is 0 Å². The van der Waals surface area contributed by atoms with E-state index in [4.69, 9.17) is 0 Å². The summed E-state index contributed by atoms with van der Waals surface area (Å²) in [6.07, 6.45) is 0. The van der Waals surface area contributed by atoms with Gasteiger partial charge >= 0.3 is 26.2 Å². The normalized spacial score (nSPS) is 7.92. The van der Waals surface area contributed by atoms with Crippen molar-refractivity contribution < 1.29 is 24.8 Å². The van der Waals surface area contributed by atoms with E-state index in [0.717, 1.165) is 6.54 Å². The second kappa shape index (κ2) is 10.7. The largest absolute Gasteiger partial charge is 2.00 e. The van der Waals surface area contributed by atoms with Crippen molar-refractivity contribution >= 4 is 26.2 Å². The van der Waals surface area contributed by atoms with E-state index in [0.29, 0.717) is 0 Å². The Labute approximate surface area is 112 Å². The predicted octanol–water partition coefficient (Wildman–Crippen LogP) is -4.82. The molecule has 1 aromatic carbocycles. The number of nitrogens with zero attached hydrogens (tertiary/aromatic N) is 1. The van der Waals surface area contributed by atoms with Crippen LogP contribution in [0.4, 0.5) is 0 Å². The molecule has 13 heavy (non-hydrogen) atoms. The predicted molar refractivity (Wildman–Crippen MR) is 48.4 cm³/mol.